The van der Waals surface area contributed by atoms with Crippen LogP contribution in [0.25, 0.3) is 0 Å². The van der Waals surface area contributed by atoms with Crippen LogP contribution < -0.4 is 10.6 Å². The van der Waals surface area contributed by atoms with Crippen molar-refractivity contribution in [3.05, 3.63) is 29.8 Å². The van der Waals surface area contributed by atoms with Gasteiger partial charge in [-0.15, -0.1) is 0 Å². The minimum absolute atomic E-state index is 0.426. The van der Waals surface area contributed by atoms with Gasteiger partial charge in [0.2, 0.25) is 5.91 Å². The molecule has 1 aromatic rings. The lowest BCUT2D eigenvalue weighted by Gasteiger charge is -2.19. The quantitative estimate of drug-likeness (QED) is 0.612. The van der Waals surface area contributed by atoms with E-state index in [-0.39, 0.29) is 0 Å². The maximum Gasteiger partial charge on any atom is 0.328 e. The summed E-state index contributed by atoms with van der Waals surface area (Å²) in [7, 11) is 0. The molecule has 1 heterocycles. The Labute approximate surface area is 110 Å². The lowest BCUT2D eigenvalue weighted by Crippen LogP contribution is -2.51. The van der Waals surface area contributed by atoms with E-state index < -0.39 is 30.1 Å². The second-order valence-corrected chi connectivity index (χ2v) is 4.62. The minimum atomic E-state index is -1.29. The smallest absolute Gasteiger partial charge is 0.328 e. The van der Waals surface area contributed by atoms with Crippen molar-refractivity contribution in [3.63, 3.8) is 0 Å². The van der Waals surface area contributed by atoms with Crippen LogP contribution in [-0.4, -0.2) is 40.3 Å². The fourth-order valence-electron chi connectivity index (χ4n) is 2.10. The highest BCUT2D eigenvalue weighted by atomic mass is 16.4. The minimum Gasteiger partial charge on any atom is -0.480 e. The van der Waals surface area contributed by atoms with Crippen LogP contribution in [0.5, 0.6) is 0 Å². The number of carboxylic acids is 1. The number of benzene rings is 1. The van der Waals surface area contributed by atoms with Gasteiger partial charge < -0.3 is 20.8 Å². The molecule has 0 saturated carbocycles. The van der Waals surface area contributed by atoms with Crippen molar-refractivity contribution in [2.75, 3.05) is 5.32 Å². The first kappa shape index (κ1) is 13.4. The predicted octanol–water partition coefficient (Wildman–Crippen LogP) is -0.0266. The van der Waals surface area contributed by atoms with Crippen molar-refractivity contribution < 1.29 is 19.8 Å². The Balaban J connectivity index is 2.01. The van der Waals surface area contributed by atoms with Crippen molar-refractivity contribution in [1.29, 1.82) is 0 Å². The molecule has 0 radical (unpaired) electrons. The second-order valence-electron chi connectivity index (χ2n) is 4.62. The van der Waals surface area contributed by atoms with Crippen LogP contribution in [0.15, 0.2) is 24.3 Å². The Morgan fingerprint density at radius 1 is 1.42 bits per heavy atom. The molecule has 19 heavy (non-hydrogen) atoms. The number of hydrogen-bond acceptors (Lipinski definition) is 4. The van der Waals surface area contributed by atoms with Crippen LogP contribution in [0.4, 0.5) is 5.69 Å². The highest BCUT2D eigenvalue weighted by Crippen LogP contribution is 2.25. The van der Waals surface area contributed by atoms with Gasteiger partial charge in [0.05, 0.1) is 6.10 Å². The van der Waals surface area contributed by atoms with E-state index in [9.17, 15) is 14.7 Å². The molecule has 0 bridgehead atoms. The summed E-state index contributed by atoms with van der Waals surface area (Å²) in [5, 5.41) is 23.6. The number of carbonyl (C=O) groups is 2. The van der Waals surface area contributed by atoms with E-state index in [0.717, 1.165) is 11.3 Å². The number of aliphatic hydroxyl groups is 1. The van der Waals surface area contributed by atoms with Crippen LogP contribution >= 0.6 is 0 Å². The third-order valence-electron chi connectivity index (χ3n) is 3.13. The number of carbonyl (C=O) groups excluding carboxylic acids is 1. The van der Waals surface area contributed by atoms with Gasteiger partial charge in [0, 0.05) is 12.1 Å². The molecule has 3 atom stereocenters. The predicted molar refractivity (Wildman–Crippen MR) is 68.8 cm³/mol. The summed E-state index contributed by atoms with van der Waals surface area (Å²) in [6.07, 6.45) is -0.640. The lowest BCUT2D eigenvalue weighted by atomic mass is 10.1. The van der Waals surface area contributed by atoms with Crippen molar-refractivity contribution in [1.82, 2.24) is 5.32 Å². The van der Waals surface area contributed by atoms with Crippen molar-refractivity contribution in [2.24, 2.45) is 0 Å². The number of aliphatic carboxylic acids is 1. The summed E-state index contributed by atoms with van der Waals surface area (Å²) in [4.78, 5) is 22.9. The highest BCUT2D eigenvalue weighted by Gasteiger charge is 2.31. The van der Waals surface area contributed by atoms with Gasteiger partial charge in [0.1, 0.15) is 6.04 Å². The maximum atomic E-state index is 12.0. The molecule has 0 saturated heterocycles. The Morgan fingerprint density at radius 3 is 2.68 bits per heavy atom. The highest BCUT2D eigenvalue weighted by molar-refractivity contribution is 5.90. The number of rotatable bonds is 4. The topological polar surface area (TPSA) is 98.7 Å². The van der Waals surface area contributed by atoms with Gasteiger partial charge in [-0.1, -0.05) is 18.2 Å². The zero-order valence-electron chi connectivity index (χ0n) is 10.5. The third-order valence-corrected chi connectivity index (χ3v) is 3.13. The molecule has 1 amide bonds. The Kier molecular flexibility index (Phi) is 3.71. The van der Waals surface area contributed by atoms with Crippen molar-refractivity contribution in [3.8, 4) is 0 Å². The molecule has 1 aliphatic rings. The van der Waals surface area contributed by atoms with Crippen LogP contribution in [-0.2, 0) is 16.0 Å². The van der Waals surface area contributed by atoms with Crippen LogP contribution in [0.2, 0.25) is 0 Å². The normalized spacial score (nSPS) is 20.0. The van der Waals surface area contributed by atoms with Crippen LogP contribution in [0, 0.1) is 0 Å². The summed E-state index contributed by atoms with van der Waals surface area (Å²) in [5.74, 6) is -1.68. The van der Waals surface area contributed by atoms with Crippen molar-refractivity contribution in [2.45, 2.75) is 31.5 Å². The number of fused-ring (bicyclic) bond motifs is 1. The van der Waals surface area contributed by atoms with Crippen LogP contribution in [0.1, 0.15) is 12.5 Å². The number of amides is 1. The molecule has 6 nitrogen and oxygen atoms in total. The summed E-state index contributed by atoms with van der Waals surface area (Å²) in [5.41, 5.74) is 1.90. The van der Waals surface area contributed by atoms with Gasteiger partial charge in [-0.2, -0.15) is 0 Å². The average Bonchev–Trinajstić information content (AvgIpc) is 2.78. The van der Waals surface area contributed by atoms with E-state index in [4.69, 9.17) is 5.11 Å². The molecule has 4 N–H and O–H groups in total. The molecule has 6 heteroatoms. The molecule has 2 unspecified atom stereocenters. The third kappa shape index (κ3) is 2.85. The molecule has 0 fully saturated rings. The van der Waals surface area contributed by atoms with Crippen LogP contribution in [0.3, 0.4) is 0 Å². The first-order chi connectivity index (χ1) is 8.99. The zero-order chi connectivity index (χ0) is 14.0. The van der Waals surface area contributed by atoms with E-state index in [1.807, 2.05) is 24.3 Å². The van der Waals surface area contributed by atoms with Gasteiger partial charge in [0.25, 0.3) is 0 Å². The molecular weight excluding hydrogens is 248 g/mol. The maximum absolute atomic E-state index is 12.0. The van der Waals surface area contributed by atoms with Gasteiger partial charge >= 0.3 is 5.97 Å². The van der Waals surface area contributed by atoms with Gasteiger partial charge in [-0.25, -0.2) is 4.79 Å². The molecule has 0 aromatic heterocycles. The Morgan fingerprint density at radius 2 is 2.11 bits per heavy atom. The Bertz CT molecular complexity index is 476. The number of anilines is 1. The fraction of sp³-hybridized carbons (Fsp3) is 0.385. The first-order valence-corrected chi connectivity index (χ1v) is 6.04. The molecule has 1 aromatic carbocycles. The van der Waals surface area contributed by atoms with E-state index in [1.54, 1.807) is 0 Å². The molecular formula is C13H16N2O4. The molecule has 102 valence electrons. The van der Waals surface area contributed by atoms with E-state index >= 15 is 0 Å². The van der Waals surface area contributed by atoms with Gasteiger partial charge in [0.15, 0.2) is 6.04 Å². The molecule has 2 rings (SSSR count). The number of nitrogens with one attached hydrogen (secondary N) is 2. The first-order valence-electron chi connectivity index (χ1n) is 6.04. The van der Waals surface area contributed by atoms with Gasteiger partial charge in [-0.05, 0) is 18.6 Å². The number of aliphatic hydroxyl groups excluding tert-OH is 1. The molecule has 0 spiro atoms. The summed E-state index contributed by atoms with van der Waals surface area (Å²) < 4.78 is 0. The number of para-hydroxylation sites is 1. The summed E-state index contributed by atoms with van der Waals surface area (Å²) in [6.45, 7) is 1.33. The van der Waals surface area contributed by atoms with Gasteiger partial charge in [-0.3, -0.25) is 4.79 Å². The fourth-order valence-corrected chi connectivity index (χ4v) is 2.10. The Hall–Kier alpha value is -2.08. The summed E-state index contributed by atoms with van der Waals surface area (Å²) in [6, 6.07) is 5.74. The molecule has 0 aliphatic carbocycles. The second kappa shape index (κ2) is 5.27. The molecule has 1 aliphatic heterocycles. The van der Waals surface area contributed by atoms with E-state index in [2.05, 4.69) is 10.6 Å². The summed E-state index contributed by atoms with van der Waals surface area (Å²) >= 11 is 0. The zero-order valence-corrected chi connectivity index (χ0v) is 10.5. The van der Waals surface area contributed by atoms with E-state index in [0.29, 0.717) is 6.42 Å². The SMILES string of the molecule is CC(O)C(NC(=O)[C@@H]1Cc2ccccc2N1)C(=O)O. The number of hydrogen-bond donors (Lipinski definition) is 4. The van der Waals surface area contributed by atoms with Crippen molar-refractivity contribution >= 4 is 17.6 Å². The largest absolute Gasteiger partial charge is 0.480 e. The van der Waals surface area contributed by atoms with E-state index in [1.165, 1.54) is 6.92 Å². The monoisotopic (exact) mass is 264 g/mol. The number of carboxylic acid groups (broad SMARTS) is 1. The lowest BCUT2D eigenvalue weighted by molar-refractivity contribution is -0.144. The standard InChI is InChI=1S/C13H16N2O4/c1-7(16)11(13(18)19)15-12(17)10-6-8-4-2-3-5-9(8)14-10/h2-5,7,10-11,14,16H,6H2,1H3,(H,15,17)(H,18,19)/t7?,10-,11?/m0/s1. The average molecular weight is 264 g/mol.